The SMILES string of the molecule is CCCCCNc1nc(N)nc(N(CCCCC)N2C(=O)c3ccccc3C2=O)n1. The molecule has 0 saturated carbocycles. The summed E-state index contributed by atoms with van der Waals surface area (Å²) >= 11 is 0. The molecule has 1 aliphatic heterocycles. The van der Waals surface area contributed by atoms with Crippen LogP contribution in [0.3, 0.4) is 0 Å². The Hall–Kier alpha value is -3.23. The number of rotatable bonds is 11. The number of hydrazine groups is 1. The molecule has 3 N–H and O–H groups in total. The number of unbranched alkanes of at least 4 members (excludes halogenated alkanes) is 4. The number of nitrogens with zero attached hydrogens (tertiary/aromatic N) is 5. The van der Waals surface area contributed by atoms with Gasteiger partial charge in [0.05, 0.1) is 11.1 Å². The molecule has 1 aromatic carbocycles. The predicted molar refractivity (Wildman–Crippen MR) is 116 cm³/mol. The van der Waals surface area contributed by atoms with E-state index in [-0.39, 0.29) is 23.7 Å². The van der Waals surface area contributed by atoms with Crippen LogP contribution in [0.15, 0.2) is 24.3 Å². The number of anilines is 3. The fourth-order valence-corrected chi connectivity index (χ4v) is 3.35. The molecule has 2 aromatic rings. The smallest absolute Gasteiger partial charge is 0.280 e. The summed E-state index contributed by atoms with van der Waals surface area (Å²) in [5.41, 5.74) is 6.67. The van der Waals surface area contributed by atoms with Gasteiger partial charge in [0.25, 0.3) is 17.8 Å². The fraction of sp³-hybridized carbons (Fsp3) is 0.476. The van der Waals surface area contributed by atoms with Crippen LogP contribution in [0.2, 0.25) is 0 Å². The van der Waals surface area contributed by atoms with E-state index >= 15 is 0 Å². The van der Waals surface area contributed by atoms with Gasteiger partial charge in [-0.3, -0.25) is 9.59 Å². The monoisotopic (exact) mass is 411 g/mol. The molecule has 9 heteroatoms. The molecule has 160 valence electrons. The van der Waals surface area contributed by atoms with Crippen LogP contribution in [-0.4, -0.2) is 44.9 Å². The summed E-state index contributed by atoms with van der Waals surface area (Å²) in [6, 6.07) is 6.80. The lowest BCUT2D eigenvalue weighted by Gasteiger charge is -2.30. The number of carbonyl (C=O) groups excluding carboxylic acids is 2. The number of aromatic nitrogens is 3. The first kappa shape index (κ1) is 21.5. The van der Waals surface area contributed by atoms with Gasteiger partial charge in [0.2, 0.25) is 11.9 Å². The van der Waals surface area contributed by atoms with E-state index in [0.29, 0.717) is 30.2 Å². The predicted octanol–water partition coefficient (Wildman–Crippen LogP) is 3.26. The number of hydrogen-bond donors (Lipinski definition) is 2. The molecule has 1 aliphatic rings. The van der Waals surface area contributed by atoms with Crippen molar-refractivity contribution in [2.24, 2.45) is 0 Å². The van der Waals surface area contributed by atoms with Crippen molar-refractivity contribution in [3.63, 3.8) is 0 Å². The molecule has 0 saturated heterocycles. The first-order valence-corrected chi connectivity index (χ1v) is 10.6. The van der Waals surface area contributed by atoms with Crippen LogP contribution in [0, 0.1) is 0 Å². The topological polar surface area (TPSA) is 117 Å². The van der Waals surface area contributed by atoms with Gasteiger partial charge in [-0.15, -0.1) is 0 Å². The summed E-state index contributed by atoms with van der Waals surface area (Å²) in [7, 11) is 0. The maximum Gasteiger partial charge on any atom is 0.280 e. The molecule has 0 unspecified atom stereocenters. The van der Waals surface area contributed by atoms with Gasteiger partial charge in [-0.1, -0.05) is 51.7 Å². The van der Waals surface area contributed by atoms with Crippen LogP contribution >= 0.6 is 0 Å². The normalized spacial score (nSPS) is 12.9. The minimum Gasteiger partial charge on any atom is -0.368 e. The number of nitrogen functional groups attached to an aromatic ring is 1. The van der Waals surface area contributed by atoms with Crippen LogP contribution < -0.4 is 16.1 Å². The maximum absolute atomic E-state index is 13.0. The Labute approximate surface area is 176 Å². The van der Waals surface area contributed by atoms with Gasteiger partial charge in [-0.2, -0.15) is 20.0 Å². The molecule has 0 aliphatic carbocycles. The molecule has 3 rings (SSSR count). The number of fused-ring (bicyclic) bond motifs is 1. The average molecular weight is 412 g/mol. The molecular weight excluding hydrogens is 382 g/mol. The largest absolute Gasteiger partial charge is 0.368 e. The number of nitrogens with one attached hydrogen (secondary N) is 1. The Balaban J connectivity index is 1.90. The zero-order chi connectivity index (χ0) is 21.5. The Morgan fingerprint density at radius 2 is 1.57 bits per heavy atom. The van der Waals surface area contributed by atoms with Crippen molar-refractivity contribution in [1.82, 2.24) is 20.0 Å². The Morgan fingerprint density at radius 3 is 2.20 bits per heavy atom. The molecule has 2 amide bonds. The van der Waals surface area contributed by atoms with Gasteiger partial charge in [0.15, 0.2) is 0 Å². The lowest BCUT2D eigenvalue weighted by molar-refractivity contribution is 0.0630. The third kappa shape index (κ3) is 4.67. The van der Waals surface area contributed by atoms with Crippen LogP contribution in [0.4, 0.5) is 17.8 Å². The summed E-state index contributed by atoms with van der Waals surface area (Å²) in [4.78, 5) is 38.9. The second-order valence-electron chi connectivity index (χ2n) is 7.25. The highest BCUT2D eigenvalue weighted by Gasteiger charge is 2.40. The zero-order valence-corrected chi connectivity index (χ0v) is 17.6. The van der Waals surface area contributed by atoms with Gasteiger partial charge < -0.3 is 11.1 Å². The zero-order valence-electron chi connectivity index (χ0n) is 17.6. The second kappa shape index (κ2) is 10.00. The molecule has 0 spiro atoms. The summed E-state index contributed by atoms with van der Waals surface area (Å²) in [6.07, 6.45) is 5.91. The number of carbonyl (C=O) groups is 2. The lowest BCUT2D eigenvalue weighted by atomic mass is 10.1. The van der Waals surface area contributed by atoms with Crippen LogP contribution in [0.1, 0.15) is 73.1 Å². The molecule has 0 atom stereocenters. The van der Waals surface area contributed by atoms with E-state index < -0.39 is 0 Å². The fourth-order valence-electron chi connectivity index (χ4n) is 3.35. The van der Waals surface area contributed by atoms with Gasteiger partial charge >= 0.3 is 0 Å². The minimum absolute atomic E-state index is 0.0371. The van der Waals surface area contributed by atoms with Crippen molar-refractivity contribution >= 4 is 29.7 Å². The van der Waals surface area contributed by atoms with E-state index in [1.165, 1.54) is 5.01 Å². The van der Waals surface area contributed by atoms with E-state index in [9.17, 15) is 9.59 Å². The molecule has 9 nitrogen and oxygen atoms in total. The van der Waals surface area contributed by atoms with Crippen molar-refractivity contribution in [2.75, 3.05) is 29.1 Å². The summed E-state index contributed by atoms with van der Waals surface area (Å²) in [5.74, 6) is -0.209. The number of amides is 2. The van der Waals surface area contributed by atoms with Crippen molar-refractivity contribution in [1.29, 1.82) is 0 Å². The highest BCUT2D eigenvalue weighted by molar-refractivity contribution is 6.22. The van der Waals surface area contributed by atoms with Crippen molar-refractivity contribution in [2.45, 2.75) is 52.4 Å². The Morgan fingerprint density at radius 1 is 0.933 bits per heavy atom. The quantitative estimate of drug-likeness (QED) is 0.427. The third-order valence-electron chi connectivity index (χ3n) is 4.92. The van der Waals surface area contributed by atoms with Crippen molar-refractivity contribution < 1.29 is 9.59 Å². The van der Waals surface area contributed by atoms with Gasteiger partial charge in [0.1, 0.15) is 0 Å². The van der Waals surface area contributed by atoms with E-state index in [1.807, 2.05) is 0 Å². The molecule has 0 radical (unpaired) electrons. The second-order valence-corrected chi connectivity index (χ2v) is 7.25. The summed E-state index contributed by atoms with van der Waals surface area (Å²) < 4.78 is 0. The van der Waals surface area contributed by atoms with Gasteiger partial charge in [-0.25, -0.2) is 5.01 Å². The number of nitrogens with two attached hydrogens (primary N) is 1. The van der Waals surface area contributed by atoms with E-state index in [2.05, 4.69) is 34.1 Å². The van der Waals surface area contributed by atoms with E-state index in [4.69, 9.17) is 5.73 Å². The highest BCUT2D eigenvalue weighted by atomic mass is 16.2. The first-order chi connectivity index (χ1) is 14.6. The molecule has 2 heterocycles. The third-order valence-corrected chi connectivity index (χ3v) is 4.92. The Bertz CT molecular complexity index is 868. The Kier molecular flexibility index (Phi) is 7.16. The summed E-state index contributed by atoms with van der Waals surface area (Å²) in [5, 5.41) is 5.80. The molecular formula is C21H29N7O2. The number of benzene rings is 1. The minimum atomic E-state index is -0.386. The van der Waals surface area contributed by atoms with Crippen molar-refractivity contribution in [3.05, 3.63) is 35.4 Å². The number of hydrogen-bond acceptors (Lipinski definition) is 8. The molecule has 0 fully saturated rings. The van der Waals surface area contributed by atoms with Crippen LogP contribution in [-0.2, 0) is 0 Å². The van der Waals surface area contributed by atoms with Gasteiger partial charge in [-0.05, 0) is 25.0 Å². The molecule has 30 heavy (non-hydrogen) atoms. The lowest BCUT2D eigenvalue weighted by Crippen LogP contribution is -2.48. The van der Waals surface area contributed by atoms with E-state index in [0.717, 1.165) is 43.5 Å². The first-order valence-electron chi connectivity index (χ1n) is 10.6. The standard InChI is InChI=1S/C21H29N7O2/c1-3-5-9-13-23-20-24-19(22)25-21(26-20)27(14-10-6-4-2)28-17(29)15-11-7-8-12-16(15)18(28)30/h7-8,11-12H,3-6,9-10,13-14H2,1-2H3,(H3,22,23,24,25,26). The van der Waals surface area contributed by atoms with E-state index in [1.54, 1.807) is 24.3 Å². The summed E-state index contributed by atoms with van der Waals surface area (Å²) in [6.45, 7) is 5.35. The van der Waals surface area contributed by atoms with Crippen LogP contribution in [0.5, 0.6) is 0 Å². The molecule has 0 bridgehead atoms. The van der Waals surface area contributed by atoms with Gasteiger partial charge in [0, 0.05) is 13.1 Å². The average Bonchev–Trinajstić information content (AvgIpc) is 2.99. The molecule has 1 aromatic heterocycles. The maximum atomic E-state index is 13.0. The number of imide groups is 1. The van der Waals surface area contributed by atoms with Crippen LogP contribution in [0.25, 0.3) is 0 Å². The van der Waals surface area contributed by atoms with Crippen molar-refractivity contribution in [3.8, 4) is 0 Å². The highest BCUT2D eigenvalue weighted by Crippen LogP contribution is 2.27.